The van der Waals surface area contributed by atoms with Gasteiger partial charge in [0.15, 0.2) is 5.78 Å². The van der Waals surface area contributed by atoms with Crippen molar-refractivity contribution in [2.45, 2.75) is 19.9 Å². The Hall–Kier alpha value is -2.63. The van der Waals surface area contributed by atoms with Crippen molar-refractivity contribution in [3.8, 4) is 5.75 Å². The van der Waals surface area contributed by atoms with E-state index in [2.05, 4.69) is 4.98 Å². The maximum absolute atomic E-state index is 12.1. The van der Waals surface area contributed by atoms with E-state index < -0.39 is 11.2 Å². The predicted octanol–water partition coefficient (Wildman–Crippen LogP) is 0.990. The molecule has 0 aliphatic heterocycles. The van der Waals surface area contributed by atoms with Gasteiger partial charge >= 0.3 is 5.69 Å². The number of carbonyl (C=O) groups excluding carboxylic acids is 1. The number of aryl methyl sites for hydroxylation is 1. The quantitative estimate of drug-likeness (QED) is 0.832. The lowest BCUT2D eigenvalue weighted by Crippen LogP contribution is -2.38. The number of H-pyrrole nitrogens is 1. The molecule has 1 aromatic heterocycles. The summed E-state index contributed by atoms with van der Waals surface area (Å²) in [5, 5.41) is 0. The molecule has 1 N–H and O–H groups in total. The number of Topliss-reactive ketones (excluding diaryl/α,β-unsaturated/α-hetero) is 1. The fraction of sp³-hybridized carbons (Fsp3) is 0.267. The molecule has 1 heterocycles. The first-order valence-corrected chi connectivity index (χ1v) is 6.49. The highest BCUT2D eigenvalue weighted by Crippen LogP contribution is 2.13. The van der Waals surface area contributed by atoms with Crippen LogP contribution in [0.2, 0.25) is 0 Å². The summed E-state index contributed by atoms with van der Waals surface area (Å²) in [6.45, 7) is 1.49. The summed E-state index contributed by atoms with van der Waals surface area (Å²) in [6, 6.07) is 7.39. The zero-order valence-corrected chi connectivity index (χ0v) is 11.9. The van der Waals surface area contributed by atoms with Gasteiger partial charge in [-0.1, -0.05) is 12.1 Å². The van der Waals surface area contributed by atoms with Crippen molar-refractivity contribution in [2.75, 3.05) is 7.11 Å². The largest absolute Gasteiger partial charge is 0.497 e. The smallest absolute Gasteiger partial charge is 0.328 e. The third kappa shape index (κ3) is 3.28. The summed E-state index contributed by atoms with van der Waals surface area (Å²) >= 11 is 0. The molecule has 0 spiro atoms. The van der Waals surface area contributed by atoms with Crippen LogP contribution in [0.5, 0.6) is 5.75 Å². The molecule has 0 bridgehead atoms. The van der Waals surface area contributed by atoms with Crippen molar-refractivity contribution in [3.63, 3.8) is 0 Å². The predicted molar refractivity (Wildman–Crippen MR) is 78.0 cm³/mol. The van der Waals surface area contributed by atoms with E-state index in [9.17, 15) is 14.4 Å². The number of hydrogen-bond donors (Lipinski definition) is 1. The highest BCUT2D eigenvalue weighted by molar-refractivity contribution is 5.93. The Labute approximate surface area is 121 Å². The van der Waals surface area contributed by atoms with E-state index in [-0.39, 0.29) is 17.9 Å². The standard InChI is InChI=1S/C15H16N2O4/c1-10(18)13-9-16-15(20)17(14(13)19)7-6-11-4-3-5-12(8-11)21-2/h3-5,8-9H,6-7H2,1-2H3,(H,16,20). The maximum Gasteiger partial charge on any atom is 0.328 e. The van der Waals surface area contributed by atoms with Crippen LogP contribution in [0.1, 0.15) is 22.8 Å². The molecule has 0 radical (unpaired) electrons. The molecular weight excluding hydrogens is 272 g/mol. The zero-order chi connectivity index (χ0) is 15.4. The molecule has 0 unspecified atom stereocenters. The number of nitrogens with zero attached hydrogens (tertiary/aromatic N) is 1. The molecule has 1 aromatic carbocycles. The van der Waals surface area contributed by atoms with Crippen LogP contribution in [-0.2, 0) is 13.0 Å². The van der Waals surface area contributed by atoms with Crippen molar-refractivity contribution < 1.29 is 9.53 Å². The van der Waals surface area contributed by atoms with Gasteiger partial charge in [0.1, 0.15) is 5.75 Å². The van der Waals surface area contributed by atoms with Gasteiger partial charge in [0.05, 0.1) is 12.7 Å². The molecule has 6 heteroatoms. The third-order valence-electron chi connectivity index (χ3n) is 3.20. The van der Waals surface area contributed by atoms with Gasteiger partial charge in [-0.15, -0.1) is 0 Å². The van der Waals surface area contributed by atoms with Crippen molar-refractivity contribution in [2.24, 2.45) is 0 Å². The van der Waals surface area contributed by atoms with Gasteiger partial charge in [-0.25, -0.2) is 4.79 Å². The number of ether oxygens (including phenoxy) is 1. The number of aromatic amines is 1. The molecule has 0 amide bonds. The summed E-state index contributed by atoms with van der Waals surface area (Å²) in [4.78, 5) is 37.6. The van der Waals surface area contributed by atoms with Gasteiger partial charge in [0.2, 0.25) is 0 Å². The molecule has 21 heavy (non-hydrogen) atoms. The second-order valence-electron chi connectivity index (χ2n) is 4.62. The minimum Gasteiger partial charge on any atom is -0.497 e. The number of hydrogen-bond acceptors (Lipinski definition) is 4. The number of rotatable bonds is 5. The van der Waals surface area contributed by atoms with Crippen LogP contribution in [-0.4, -0.2) is 22.4 Å². The first-order valence-electron chi connectivity index (χ1n) is 6.49. The van der Waals surface area contributed by atoms with Gasteiger partial charge < -0.3 is 9.72 Å². The van der Waals surface area contributed by atoms with Crippen molar-refractivity contribution in [1.82, 2.24) is 9.55 Å². The minimum atomic E-state index is -0.561. The first-order chi connectivity index (χ1) is 10.0. The molecule has 0 aliphatic rings. The van der Waals surface area contributed by atoms with Gasteiger partial charge in [-0.3, -0.25) is 14.2 Å². The van der Waals surface area contributed by atoms with Crippen LogP contribution in [0.15, 0.2) is 40.1 Å². The van der Waals surface area contributed by atoms with E-state index in [0.29, 0.717) is 12.2 Å². The van der Waals surface area contributed by atoms with Crippen molar-refractivity contribution >= 4 is 5.78 Å². The second kappa shape index (κ2) is 6.21. The van der Waals surface area contributed by atoms with E-state index in [1.807, 2.05) is 24.3 Å². The van der Waals surface area contributed by atoms with E-state index in [0.717, 1.165) is 16.3 Å². The fourth-order valence-electron chi connectivity index (χ4n) is 2.04. The van der Waals surface area contributed by atoms with E-state index in [1.165, 1.54) is 6.92 Å². The van der Waals surface area contributed by atoms with Gasteiger partial charge in [-0.05, 0) is 31.0 Å². The van der Waals surface area contributed by atoms with E-state index >= 15 is 0 Å². The second-order valence-corrected chi connectivity index (χ2v) is 4.62. The molecule has 0 atom stereocenters. The Morgan fingerprint density at radius 1 is 1.33 bits per heavy atom. The summed E-state index contributed by atoms with van der Waals surface area (Å²) in [6.07, 6.45) is 1.65. The average molecular weight is 288 g/mol. The van der Waals surface area contributed by atoms with Gasteiger partial charge in [0.25, 0.3) is 5.56 Å². The molecule has 0 saturated heterocycles. The summed E-state index contributed by atoms with van der Waals surface area (Å²) in [5.74, 6) is 0.345. The number of nitrogens with one attached hydrogen (secondary N) is 1. The first kappa shape index (κ1) is 14.8. The highest BCUT2D eigenvalue weighted by Gasteiger charge is 2.10. The van der Waals surface area contributed by atoms with Crippen LogP contribution >= 0.6 is 0 Å². The van der Waals surface area contributed by atoms with E-state index in [1.54, 1.807) is 7.11 Å². The zero-order valence-electron chi connectivity index (χ0n) is 11.9. The van der Waals surface area contributed by atoms with Crippen LogP contribution in [0.3, 0.4) is 0 Å². The summed E-state index contributed by atoms with van der Waals surface area (Å²) in [7, 11) is 1.57. The lowest BCUT2D eigenvalue weighted by atomic mass is 10.1. The number of benzene rings is 1. The molecule has 6 nitrogen and oxygen atoms in total. The molecule has 0 fully saturated rings. The van der Waals surface area contributed by atoms with Crippen LogP contribution < -0.4 is 16.0 Å². The monoisotopic (exact) mass is 288 g/mol. The Morgan fingerprint density at radius 3 is 2.76 bits per heavy atom. The lowest BCUT2D eigenvalue weighted by molar-refractivity contribution is 0.101. The molecule has 110 valence electrons. The number of carbonyl (C=O) groups is 1. The number of aromatic nitrogens is 2. The number of ketones is 1. The molecular formula is C15H16N2O4. The van der Waals surface area contributed by atoms with Crippen LogP contribution in [0.25, 0.3) is 0 Å². The Bertz CT molecular complexity index is 774. The Balaban J connectivity index is 2.27. The van der Waals surface area contributed by atoms with Crippen molar-refractivity contribution in [1.29, 1.82) is 0 Å². The molecule has 0 saturated carbocycles. The average Bonchev–Trinajstić information content (AvgIpc) is 2.47. The molecule has 2 aromatic rings. The topological polar surface area (TPSA) is 81.2 Å². The Kier molecular flexibility index (Phi) is 4.37. The van der Waals surface area contributed by atoms with E-state index in [4.69, 9.17) is 4.74 Å². The lowest BCUT2D eigenvalue weighted by Gasteiger charge is -2.07. The van der Waals surface area contributed by atoms with Crippen LogP contribution in [0, 0.1) is 0 Å². The minimum absolute atomic E-state index is 0.0137. The Morgan fingerprint density at radius 2 is 2.10 bits per heavy atom. The van der Waals surface area contributed by atoms with Gasteiger partial charge in [-0.2, -0.15) is 0 Å². The van der Waals surface area contributed by atoms with Crippen molar-refractivity contribution in [3.05, 3.63) is 62.4 Å². The summed E-state index contributed by atoms with van der Waals surface area (Å²) < 4.78 is 6.16. The summed E-state index contributed by atoms with van der Waals surface area (Å²) in [5.41, 5.74) is -0.156. The normalized spacial score (nSPS) is 10.4. The molecule has 2 rings (SSSR count). The fourth-order valence-corrected chi connectivity index (χ4v) is 2.04. The SMILES string of the molecule is COc1cccc(CCn2c(=O)[nH]cc(C(C)=O)c2=O)c1. The highest BCUT2D eigenvalue weighted by atomic mass is 16.5. The molecule has 0 aliphatic carbocycles. The number of methoxy groups -OCH3 is 1. The third-order valence-corrected chi connectivity index (χ3v) is 3.20. The van der Waals surface area contributed by atoms with Crippen LogP contribution in [0.4, 0.5) is 0 Å². The maximum atomic E-state index is 12.1. The van der Waals surface area contributed by atoms with Gasteiger partial charge in [0, 0.05) is 12.7 Å².